The number of aliphatic hydroxyl groups is 1. The average molecular weight is 220 g/mol. The van der Waals surface area contributed by atoms with Crippen molar-refractivity contribution in [3.05, 3.63) is 35.4 Å². The van der Waals surface area contributed by atoms with E-state index in [1.165, 1.54) is 18.4 Å². The van der Waals surface area contributed by atoms with Crippen molar-refractivity contribution < 1.29 is 5.11 Å². The molecular formula is C15H24O. The maximum atomic E-state index is 9.96. The van der Waals surface area contributed by atoms with Gasteiger partial charge in [0.15, 0.2) is 0 Å². The van der Waals surface area contributed by atoms with Gasteiger partial charge in [0.1, 0.15) is 0 Å². The molecule has 0 saturated carbocycles. The van der Waals surface area contributed by atoms with Gasteiger partial charge in [-0.15, -0.1) is 0 Å². The van der Waals surface area contributed by atoms with Crippen molar-refractivity contribution in [1.29, 1.82) is 0 Å². The Morgan fingerprint density at radius 1 is 1.12 bits per heavy atom. The average Bonchev–Trinajstić information content (AvgIpc) is 2.26. The third-order valence-corrected chi connectivity index (χ3v) is 2.88. The minimum absolute atomic E-state index is 0.305. The summed E-state index contributed by atoms with van der Waals surface area (Å²) in [6.07, 6.45) is 4.16. The summed E-state index contributed by atoms with van der Waals surface area (Å²) in [5.74, 6) is 0.537. The smallest absolute Gasteiger partial charge is 0.0792 e. The van der Waals surface area contributed by atoms with Crippen LogP contribution in [0, 0.1) is 5.92 Å². The number of rotatable bonds is 6. The van der Waals surface area contributed by atoms with Crippen LogP contribution < -0.4 is 0 Å². The highest BCUT2D eigenvalue weighted by Crippen LogP contribution is 2.21. The van der Waals surface area contributed by atoms with E-state index in [0.29, 0.717) is 5.92 Å². The molecule has 1 atom stereocenters. The fourth-order valence-corrected chi connectivity index (χ4v) is 1.87. The molecule has 0 aliphatic rings. The van der Waals surface area contributed by atoms with E-state index in [9.17, 15) is 5.11 Å². The van der Waals surface area contributed by atoms with Gasteiger partial charge in [0.25, 0.3) is 0 Å². The van der Waals surface area contributed by atoms with Crippen LogP contribution in [0.3, 0.4) is 0 Å². The van der Waals surface area contributed by atoms with Crippen molar-refractivity contribution in [3.8, 4) is 0 Å². The van der Waals surface area contributed by atoms with Crippen molar-refractivity contribution >= 4 is 0 Å². The molecule has 0 heterocycles. The summed E-state index contributed by atoms with van der Waals surface area (Å²) in [4.78, 5) is 0. The van der Waals surface area contributed by atoms with Crippen molar-refractivity contribution in [2.24, 2.45) is 5.92 Å². The van der Waals surface area contributed by atoms with Gasteiger partial charge in [0, 0.05) is 0 Å². The van der Waals surface area contributed by atoms with Crippen LogP contribution in [0.4, 0.5) is 0 Å². The van der Waals surface area contributed by atoms with Crippen molar-refractivity contribution in [2.75, 3.05) is 0 Å². The van der Waals surface area contributed by atoms with E-state index in [-0.39, 0.29) is 6.10 Å². The molecule has 0 aromatic heterocycles. The Hall–Kier alpha value is -0.820. The molecule has 1 aromatic carbocycles. The fourth-order valence-electron chi connectivity index (χ4n) is 1.87. The van der Waals surface area contributed by atoms with Crippen LogP contribution in [0.1, 0.15) is 57.3 Å². The Balaban J connectivity index is 2.56. The highest BCUT2D eigenvalue weighted by molar-refractivity contribution is 5.24. The van der Waals surface area contributed by atoms with Crippen LogP contribution in [0.15, 0.2) is 24.3 Å². The van der Waals surface area contributed by atoms with Crippen molar-refractivity contribution in [2.45, 2.75) is 52.6 Å². The molecule has 0 bridgehead atoms. The molecule has 90 valence electrons. The molecule has 1 heteroatoms. The lowest BCUT2D eigenvalue weighted by Crippen LogP contribution is -2.01. The number of benzene rings is 1. The van der Waals surface area contributed by atoms with Gasteiger partial charge in [-0.1, -0.05) is 51.5 Å². The third kappa shape index (κ3) is 4.36. The van der Waals surface area contributed by atoms with Crippen molar-refractivity contribution in [1.82, 2.24) is 0 Å². The molecule has 1 nitrogen and oxygen atoms in total. The highest BCUT2D eigenvalue weighted by Gasteiger charge is 2.09. The second-order valence-electron chi connectivity index (χ2n) is 4.99. The summed E-state index contributed by atoms with van der Waals surface area (Å²) < 4.78 is 0. The molecule has 0 amide bonds. The van der Waals surface area contributed by atoms with E-state index in [2.05, 4.69) is 45.0 Å². The lowest BCUT2D eigenvalue weighted by atomic mass is 9.98. The van der Waals surface area contributed by atoms with Gasteiger partial charge in [-0.05, 0) is 36.3 Å². The van der Waals surface area contributed by atoms with E-state index in [1.807, 2.05) is 0 Å². The largest absolute Gasteiger partial charge is 0.388 e. The minimum Gasteiger partial charge on any atom is -0.388 e. The summed E-state index contributed by atoms with van der Waals surface area (Å²) >= 11 is 0. The van der Waals surface area contributed by atoms with Crippen LogP contribution in [0.2, 0.25) is 0 Å². The Morgan fingerprint density at radius 3 is 2.25 bits per heavy atom. The molecule has 0 spiro atoms. The van der Waals surface area contributed by atoms with Gasteiger partial charge in [-0.3, -0.25) is 0 Å². The van der Waals surface area contributed by atoms with Crippen LogP contribution in [-0.4, -0.2) is 5.11 Å². The molecule has 1 unspecified atom stereocenters. The van der Waals surface area contributed by atoms with Crippen LogP contribution in [0.5, 0.6) is 0 Å². The van der Waals surface area contributed by atoms with Gasteiger partial charge in [-0.2, -0.15) is 0 Å². The second-order valence-corrected chi connectivity index (χ2v) is 4.99. The summed E-state index contributed by atoms with van der Waals surface area (Å²) in [5.41, 5.74) is 2.43. The number of aryl methyl sites for hydroxylation is 1. The number of hydrogen-bond donors (Lipinski definition) is 1. The zero-order valence-corrected chi connectivity index (χ0v) is 10.7. The first-order valence-electron chi connectivity index (χ1n) is 6.40. The van der Waals surface area contributed by atoms with Crippen LogP contribution in [-0.2, 0) is 6.42 Å². The van der Waals surface area contributed by atoms with Gasteiger partial charge in [0.2, 0.25) is 0 Å². The molecule has 0 fully saturated rings. The number of hydrogen-bond acceptors (Lipinski definition) is 1. The molecule has 1 N–H and O–H groups in total. The molecular weight excluding hydrogens is 196 g/mol. The summed E-state index contributed by atoms with van der Waals surface area (Å²) in [6, 6.07) is 8.43. The Bertz CT molecular complexity index is 287. The molecule has 0 aliphatic carbocycles. The lowest BCUT2D eigenvalue weighted by molar-refractivity contribution is 0.151. The topological polar surface area (TPSA) is 20.2 Å². The van der Waals surface area contributed by atoms with E-state index >= 15 is 0 Å². The maximum Gasteiger partial charge on any atom is 0.0792 e. The predicted octanol–water partition coefficient (Wildman–Crippen LogP) is 4.11. The monoisotopic (exact) mass is 220 g/mol. The molecule has 0 saturated heterocycles. The predicted molar refractivity (Wildman–Crippen MR) is 69.5 cm³/mol. The minimum atomic E-state index is -0.305. The third-order valence-electron chi connectivity index (χ3n) is 2.88. The van der Waals surface area contributed by atoms with E-state index in [4.69, 9.17) is 0 Å². The molecule has 16 heavy (non-hydrogen) atoms. The van der Waals surface area contributed by atoms with Gasteiger partial charge in [-0.25, -0.2) is 0 Å². The van der Waals surface area contributed by atoms with Gasteiger partial charge < -0.3 is 5.11 Å². The highest BCUT2D eigenvalue weighted by atomic mass is 16.3. The van der Waals surface area contributed by atoms with Crippen LogP contribution in [0.25, 0.3) is 0 Å². The first-order chi connectivity index (χ1) is 7.63. The van der Waals surface area contributed by atoms with E-state index < -0.39 is 0 Å². The van der Waals surface area contributed by atoms with Crippen LogP contribution >= 0.6 is 0 Å². The van der Waals surface area contributed by atoms with Crippen molar-refractivity contribution in [3.63, 3.8) is 0 Å². The molecule has 1 aromatic rings. The quantitative estimate of drug-likeness (QED) is 0.765. The second kappa shape index (κ2) is 6.70. The Morgan fingerprint density at radius 2 is 1.75 bits per heavy atom. The van der Waals surface area contributed by atoms with E-state index in [0.717, 1.165) is 18.4 Å². The Kier molecular flexibility index (Phi) is 5.54. The maximum absolute atomic E-state index is 9.96. The fraction of sp³-hybridized carbons (Fsp3) is 0.600. The zero-order valence-electron chi connectivity index (χ0n) is 10.7. The lowest BCUT2D eigenvalue weighted by Gasteiger charge is -2.13. The molecule has 0 radical (unpaired) electrons. The first kappa shape index (κ1) is 13.2. The first-order valence-corrected chi connectivity index (χ1v) is 6.40. The summed E-state index contributed by atoms with van der Waals surface area (Å²) in [7, 11) is 0. The van der Waals surface area contributed by atoms with E-state index in [1.54, 1.807) is 0 Å². The molecule has 0 aliphatic heterocycles. The standard InChI is InChI=1S/C15H24O/c1-4-5-6-13-7-9-14(10-8-13)15(16)11-12(2)3/h7-10,12,15-16H,4-6,11H2,1-3H3. The number of aliphatic hydroxyl groups excluding tert-OH is 1. The number of unbranched alkanes of at least 4 members (excludes halogenated alkanes) is 1. The SMILES string of the molecule is CCCCc1ccc(C(O)CC(C)C)cc1. The van der Waals surface area contributed by atoms with Gasteiger partial charge in [0.05, 0.1) is 6.10 Å². The Labute approximate surface area is 99.5 Å². The normalized spacial score (nSPS) is 13.1. The van der Waals surface area contributed by atoms with Gasteiger partial charge >= 0.3 is 0 Å². The summed E-state index contributed by atoms with van der Waals surface area (Å²) in [5, 5.41) is 9.96. The summed E-state index contributed by atoms with van der Waals surface area (Å²) in [6.45, 7) is 6.48. The molecule has 1 rings (SSSR count). The zero-order chi connectivity index (χ0) is 12.0.